The number of guanidine groups is 1. The summed E-state index contributed by atoms with van der Waals surface area (Å²) in [4.78, 5) is 17.6. The second-order valence-electron chi connectivity index (χ2n) is 2.49. The Morgan fingerprint density at radius 2 is 2.15 bits per heavy atom. The number of carboxylic acids is 1. The Balaban J connectivity index is 3.68. The van der Waals surface area contributed by atoms with Crippen molar-refractivity contribution in [1.82, 2.24) is 0 Å². The monoisotopic (exact) mass is 186 g/mol. The van der Waals surface area contributed by atoms with Gasteiger partial charge in [-0.2, -0.15) is 0 Å². The van der Waals surface area contributed by atoms with Gasteiger partial charge >= 0.3 is 5.97 Å². The molecule has 0 rings (SSSR count). The molecule has 0 aromatic heterocycles. The Labute approximate surface area is 76.4 Å². The Bertz CT molecular complexity index is 211. The predicted octanol–water partition coefficient (Wildman–Crippen LogP) is -0.806. The van der Waals surface area contributed by atoms with Crippen LogP contribution in [0.3, 0.4) is 0 Å². The highest BCUT2D eigenvalue weighted by atomic mass is 16.4. The molecule has 0 amide bonds. The first-order valence-electron chi connectivity index (χ1n) is 3.82. The van der Waals surface area contributed by atoms with Gasteiger partial charge in [0, 0.05) is 6.54 Å². The van der Waals surface area contributed by atoms with E-state index in [0.29, 0.717) is 19.4 Å². The van der Waals surface area contributed by atoms with Crippen LogP contribution in [0, 0.1) is 0 Å². The smallest absolute Gasteiger partial charge is 0.328 e. The van der Waals surface area contributed by atoms with Crippen LogP contribution in [0.1, 0.15) is 12.8 Å². The molecule has 74 valence electrons. The largest absolute Gasteiger partial charge is 0.480 e. The van der Waals surface area contributed by atoms with Crippen LogP contribution in [0.4, 0.5) is 0 Å². The summed E-state index contributed by atoms with van der Waals surface area (Å²) >= 11 is 0. The highest BCUT2D eigenvalue weighted by Crippen LogP contribution is 2.01. The van der Waals surface area contributed by atoms with Gasteiger partial charge in [0.15, 0.2) is 5.96 Å². The lowest BCUT2D eigenvalue weighted by molar-refractivity contribution is -0.138. The lowest BCUT2D eigenvalue weighted by atomic mass is 10.2. The quantitative estimate of drug-likeness (QED) is 0.286. The molecule has 0 aromatic carbocycles. The topological polar surface area (TPSA) is 114 Å². The Kier molecular flexibility index (Phi) is 5.25. The maximum Gasteiger partial charge on any atom is 0.328 e. The van der Waals surface area contributed by atoms with Gasteiger partial charge in [-0.25, -0.2) is 4.79 Å². The maximum atomic E-state index is 10.4. The van der Waals surface area contributed by atoms with Gasteiger partial charge in [0.1, 0.15) is 6.04 Å². The summed E-state index contributed by atoms with van der Waals surface area (Å²) in [5.41, 5.74) is 10.2. The minimum Gasteiger partial charge on any atom is -0.480 e. The summed E-state index contributed by atoms with van der Waals surface area (Å²) in [5.74, 6) is -0.960. The Hall–Kier alpha value is -1.59. The van der Waals surface area contributed by atoms with E-state index < -0.39 is 12.0 Å². The zero-order valence-electron chi connectivity index (χ0n) is 7.31. The van der Waals surface area contributed by atoms with E-state index in [2.05, 4.69) is 16.7 Å². The van der Waals surface area contributed by atoms with E-state index in [1.807, 2.05) is 0 Å². The van der Waals surface area contributed by atoms with Crippen molar-refractivity contribution in [2.45, 2.75) is 18.9 Å². The summed E-state index contributed by atoms with van der Waals surface area (Å²) in [6.45, 7) is 3.60. The predicted molar refractivity (Wildman–Crippen MR) is 50.9 cm³/mol. The third-order valence-corrected chi connectivity index (χ3v) is 1.44. The molecule has 0 bridgehead atoms. The van der Waals surface area contributed by atoms with E-state index in [0.717, 1.165) is 0 Å². The zero-order valence-corrected chi connectivity index (χ0v) is 7.31. The fraction of sp³-hybridized carbons (Fsp3) is 0.571. The van der Waals surface area contributed by atoms with E-state index in [1.54, 1.807) is 0 Å². The molecular formula is C7H14N4O2. The van der Waals surface area contributed by atoms with Crippen LogP contribution in [0.5, 0.6) is 0 Å². The number of hydrogen-bond donors (Lipinski definition) is 3. The first-order valence-corrected chi connectivity index (χ1v) is 3.82. The van der Waals surface area contributed by atoms with Crippen LogP contribution in [0.15, 0.2) is 9.98 Å². The van der Waals surface area contributed by atoms with Crippen molar-refractivity contribution < 1.29 is 9.90 Å². The minimum atomic E-state index is -0.972. The van der Waals surface area contributed by atoms with Gasteiger partial charge in [-0.3, -0.25) is 9.98 Å². The molecule has 6 heteroatoms. The fourth-order valence-electron chi connectivity index (χ4n) is 0.786. The summed E-state index contributed by atoms with van der Waals surface area (Å²) in [6.07, 6.45) is 0.976. The van der Waals surface area contributed by atoms with Gasteiger partial charge in [0.2, 0.25) is 0 Å². The number of hydrogen-bond acceptors (Lipinski definition) is 3. The average Bonchev–Trinajstić information content (AvgIpc) is 2.03. The summed E-state index contributed by atoms with van der Waals surface area (Å²) in [5, 5.41) is 8.56. The number of nitrogens with zero attached hydrogens (tertiary/aromatic N) is 2. The van der Waals surface area contributed by atoms with Crippen molar-refractivity contribution in [3.63, 3.8) is 0 Å². The molecule has 0 aliphatic rings. The number of aliphatic carboxylic acids is 1. The van der Waals surface area contributed by atoms with Gasteiger partial charge in [-0.1, -0.05) is 0 Å². The molecule has 1 unspecified atom stereocenters. The van der Waals surface area contributed by atoms with Crippen molar-refractivity contribution in [3.8, 4) is 0 Å². The molecule has 0 heterocycles. The lowest BCUT2D eigenvalue weighted by Gasteiger charge is -2.04. The normalized spacial score (nSPS) is 11.7. The molecule has 0 saturated carbocycles. The molecule has 0 fully saturated rings. The number of carboxylic acid groups (broad SMARTS) is 1. The minimum absolute atomic E-state index is 0.0124. The zero-order chi connectivity index (χ0) is 10.3. The lowest BCUT2D eigenvalue weighted by Crippen LogP contribution is -2.23. The highest BCUT2D eigenvalue weighted by molar-refractivity contribution is 5.75. The molecule has 0 spiro atoms. The van der Waals surface area contributed by atoms with Gasteiger partial charge in [-0.05, 0) is 19.6 Å². The van der Waals surface area contributed by atoms with E-state index >= 15 is 0 Å². The van der Waals surface area contributed by atoms with Crippen LogP contribution in [-0.2, 0) is 4.79 Å². The molecule has 0 saturated heterocycles. The molecule has 0 aromatic rings. The molecule has 0 aliphatic carbocycles. The first-order chi connectivity index (χ1) is 6.07. The van der Waals surface area contributed by atoms with Gasteiger partial charge in [-0.15, -0.1) is 0 Å². The molecule has 6 nitrogen and oxygen atoms in total. The van der Waals surface area contributed by atoms with Gasteiger partial charge < -0.3 is 16.6 Å². The van der Waals surface area contributed by atoms with Crippen LogP contribution < -0.4 is 11.5 Å². The molecule has 5 N–H and O–H groups in total. The fourth-order valence-corrected chi connectivity index (χ4v) is 0.786. The van der Waals surface area contributed by atoms with E-state index in [-0.39, 0.29) is 5.96 Å². The SMILES string of the molecule is C=NC(CCCN=C(N)N)C(=O)O. The van der Waals surface area contributed by atoms with Crippen molar-refractivity contribution in [2.75, 3.05) is 6.54 Å². The first kappa shape index (κ1) is 11.4. The molecule has 13 heavy (non-hydrogen) atoms. The molecule has 0 aliphatic heterocycles. The third-order valence-electron chi connectivity index (χ3n) is 1.44. The molecular weight excluding hydrogens is 172 g/mol. The average molecular weight is 186 g/mol. The standard InChI is InChI=1S/C7H14N4O2/c1-10-5(6(12)13)3-2-4-11-7(8)9/h5H,1-4H2,(H,12,13)(H4,8,9,11). The van der Waals surface area contributed by atoms with Crippen LogP contribution >= 0.6 is 0 Å². The van der Waals surface area contributed by atoms with Crippen LogP contribution in [-0.4, -0.2) is 36.3 Å². The molecule has 1 atom stereocenters. The van der Waals surface area contributed by atoms with Crippen molar-refractivity contribution in [3.05, 3.63) is 0 Å². The summed E-state index contributed by atoms with van der Waals surface area (Å²) in [6, 6.07) is -0.755. The Morgan fingerprint density at radius 1 is 1.54 bits per heavy atom. The second kappa shape index (κ2) is 5.99. The Morgan fingerprint density at radius 3 is 2.54 bits per heavy atom. The number of nitrogens with two attached hydrogens (primary N) is 2. The van der Waals surface area contributed by atoms with E-state index in [1.165, 1.54) is 0 Å². The maximum absolute atomic E-state index is 10.4. The summed E-state index contributed by atoms with van der Waals surface area (Å²) in [7, 11) is 0. The van der Waals surface area contributed by atoms with Gasteiger partial charge in [0.05, 0.1) is 0 Å². The van der Waals surface area contributed by atoms with Gasteiger partial charge in [0.25, 0.3) is 0 Å². The van der Waals surface area contributed by atoms with E-state index in [9.17, 15) is 4.79 Å². The van der Waals surface area contributed by atoms with E-state index in [4.69, 9.17) is 16.6 Å². The van der Waals surface area contributed by atoms with Crippen molar-refractivity contribution >= 4 is 18.6 Å². The number of aliphatic imine (C=N–C) groups is 2. The third kappa shape index (κ3) is 5.66. The van der Waals surface area contributed by atoms with Crippen molar-refractivity contribution in [1.29, 1.82) is 0 Å². The van der Waals surface area contributed by atoms with Crippen molar-refractivity contribution in [2.24, 2.45) is 21.5 Å². The second-order valence-corrected chi connectivity index (χ2v) is 2.49. The van der Waals surface area contributed by atoms with Crippen LogP contribution in [0.2, 0.25) is 0 Å². The number of rotatable bonds is 6. The highest BCUT2D eigenvalue weighted by Gasteiger charge is 2.12. The van der Waals surface area contributed by atoms with Crippen LogP contribution in [0.25, 0.3) is 0 Å². The number of carbonyl (C=O) groups is 1. The summed E-state index contributed by atoms with van der Waals surface area (Å²) < 4.78 is 0. The molecule has 0 radical (unpaired) electrons.